The molecule has 0 bridgehead atoms. The lowest BCUT2D eigenvalue weighted by atomic mass is 10.00. The second-order valence-electron chi connectivity index (χ2n) is 4.76. The fourth-order valence-electron chi connectivity index (χ4n) is 2.57. The minimum Gasteiger partial charge on any atom is -0.314 e. The molecule has 0 amide bonds. The molecule has 1 atom stereocenters. The minimum absolute atomic E-state index is 0.531. The molecule has 0 saturated carbocycles. The Balaban J connectivity index is 2.24. The van der Waals surface area contributed by atoms with Crippen molar-refractivity contribution in [1.82, 2.24) is 10.2 Å². The lowest BCUT2D eigenvalue weighted by molar-refractivity contribution is 0.164. The molecule has 1 N–H and O–H groups in total. The molecule has 2 nitrogen and oxygen atoms in total. The van der Waals surface area contributed by atoms with Gasteiger partial charge in [0.05, 0.1) is 0 Å². The lowest BCUT2D eigenvalue weighted by Crippen LogP contribution is -2.45. The van der Waals surface area contributed by atoms with Gasteiger partial charge in [0.25, 0.3) is 0 Å². The Morgan fingerprint density at radius 2 is 2.00 bits per heavy atom. The SMILES string of the molecule is CCC[C@H](c1cc(Br)ccc1Br)N1CCNCC1. The lowest BCUT2D eigenvalue weighted by Gasteiger charge is -2.35. The highest BCUT2D eigenvalue weighted by Crippen LogP contribution is 2.33. The van der Waals surface area contributed by atoms with E-state index in [1.54, 1.807) is 0 Å². The molecule has 0 radical (unpaired) electrons. The van der Waals surface area contributed by atoms with E-state index in [1.807, 2.05) is 0 Å². The van der Waals surface area contributed by atoms with Crippen LogP contribution in [0.2, 0.25) is 0 Å². The van der Waals surface area contributed by atoms with Crippen molar-refractivity contribution < 1.29 is 0 Å². The smallest absolute Gasteiger partial charge is 0.0360 e. The van der Waals surface area contributed by atoms with Crippen LogP contribution in [0, 0.1) is 0 Å². The highest BCUT2D eigenvalue weighted by Gasteiger charge is 2.23. The van der Waals surface area contributed by atoms with Crippen LogP contribution in [0.3, 0.4) is 0 Å². The normalized spacial score (nSPS) is 18.8. The third kappa shape index (κ3) is 3.56. The molecular formula is C14H20Br2N2. The van der Waals surface area contributed by atoms with E-state index in [0.717, 1.165) is 30.7 Å². The Labute approximate surface area is 126 Å². The van der Waals surface area contributed by atoms with E-state index in [2.05, 4.69) is 67.2 Å². The van der Waals surface area contributed by atoms with Crippen molar-refractivity contribution in [1.29, 1.82) is 0 Å². The summed E-state index contributed by atoms with van der Waals surface area (Å²) in [7, 11) is 0. The molecule has 18 heavy (non-hydrogen) atoms. The van der Waals surface area contributed by atoms with Crippen LogP contribution in [-0.2, 0) is 0 Å². The van der Waals surface area contributed by atoms with Gasteiger partial charge in [-0.05, 0) is 30.2 Å². The van der Waals surface area contributed by atoms with Crippen molar-refractivity contribution in [3.05, 3.63) is 32.7 Å². The van der Waals surface area contributed by atoms with Gasteiger partial charge in [-0.15, -0.1) is 0 Å². The van der Waals surface area contributed by atoms with Gasteiger partial charge in [0, 0.05) is 41.2 Å². The van der Waals surface area contributed by atoms with E-state index >= 15 is 0 Å². The molecule has 0 unspecified atom stereocenters. The van der Waals surface area contributed by atoms with Crippen molar-refractivity contribution >= 4 is 31.9 Å². The molecule has 1 heterocycles. The maximum Gasteiger partial charge on any atom is 0.0360 e. The average molecular weight is 376 g/mol. The number of rotatable bonds is 4. The maximum atomic E-state index is 3.70. The van der Waals surface area contributed by atoms with Gasteiger partial charge < -0.3 is 5.32 Å². The van der Waals surface area contributed by atoms with Gasteiger partial charge in [0.1, 0.15) is 0 Å². The van der Waals surface area contributed by atoms with Crippen molar-refractivity contribution in [2.24, 2.45) is 0 Å². The monoisotopic (exact) mass is 374 g/mol. The number of halogens is 2. The second-order valence-corrected chi connectivity index (χ2v) is 6.53. The van der Waals surface area contributed by atoms with Gasteiger partial charge in [-0.3, -0.25) is 4.90 Å². The molecular weight excluding hydrogens is 356 g/mol. The zero-order valence-electron chi connectivity index (χ0n) is 10.8. The highest BCUT2D eigenvalue weighted by atomic mass is 79.9. The summed E-state index contributed by atoms with van der Waals surface area (Å²) in [5.74, 6) is 0. The Bertz CT molecular complexity index is 389. The molecule has 0 aliphatic carbocycles. The quantitative estimate of drug-likeness (QED) is 0.856. The van der Waals surface area contributed by atoms with Crippen LogP contribution in [0.1, 0.15) is 31.4 Å². The fraction of sp³-hybridized carbons (Fsp3) is 0.571. The van der Waals surface area contributed by atoms with E-state index in [0.29, 0.717) is 6.04 Å². The fourth-order valence-corrected chi connectivity index (χ4v) is 3.46. The first-order chi connectivity index (χ1) is 8.72. The van der Waals surface area contributed by atoms with Gasteiger partial charge in [0.2, 0.25) is 0 Å². The van der Waals surface area contributed by atoms with Crippen LogP contribution in [0.4, 0.5) is 0 Å². The summed E-state index contributed by atoms with van der Waals surface area (Å²) in [6.07, 6.45) is 2.43. The molecule has 1 aliphatic rings. The van der Waals surface area contributed by atoms with E-state index in [9.17, 15) is 0 Å². The minimum atomic E-state index is 0.531. The van der Waals surface area contributed by atoms with Crippen LogP contribution < -0.4 is 5.32 Å². The largest absolute Gasteiger partial charge is 0.314 e. The maximum absolute atomic E-state index is 3.70. The number of piperazine rings is 1. The summed E-state index contributed by atoms with van der Waals surface area (Å²) < 4.78 is 2.39. The van der Waals surface area contributed by atoms with Crippen LogP contribution in [-0.4, -0.2) is 31.1 Å². The molecule has 2 rings (SSSR count). The first-order valence-corrected chi connectivity index (χ1v) is 8.20. The third-order valence-corrected chi connectivity index (χ3v) is 4.69. The van der Waals surface area contributed by atoms with E-state index in [1.165, 1.54) is 22.9 Å². The highest BCUT2D eigenvalue weighted by molar-refractivity contribution is 9.11. The van der Waals surface area contributed by atoms with Crippen LogP contribution in [0.5, 0.6) is 0 Å². The molecule has 1 fully saturated rings. The van der Waals surface area contributed by atoms with E-state index in [-0.39, 0.29) is 0 Å². The number of hydrogen-bond acceptors (Lipinski definition) is 2. The first kappa shape index (κ1) is 14.5. The third-order valence-electron chi connectivity index (χ3n) is 3.47. The summed E-state index contributed by atoms with van der Waals surface area (Å²) >= 11 is 7.29. The molecule has 1 saturated heterocycles. The standard InChI is InChI=1S/C14H20Br2N2/c1-2-3-14(18-8-6-17-7-9-18)12-10-11(15)4-5-13(12)16/h4-5,10,14,17H,2-3,6-9H2,1H3/t14-/m1/s1. The average Bonchev–Trinajstić information content (AvgIpc) is 2.40. The van der Waals surface area contributed by atoms with Crippen LogP contribution in [0.25, 0.3) is 0 Å². The summed E-state index contributed by atoms with van der Waals surface area (Å²) in [6.45, 7) is 6.76. The molecule has 1 aliphatic heterocycles. The Morgan fingerprint density at radius 1 is 1.28 bits per heavy atom. The zero-order valence-corrected chi connectivity index (χ0v) is 13.9. The van der Waals surface area contributed by atoms with Crippen molar-refractivity contribution in [3.8, 4) is 0 Å². The molecule has 100 valence electrons. The van der Waals surface area contributed by atoms with Crippen LogP contribution >= 0.6 is 31.9 Å². The predicted molar refractivity (Wildman–Crippen MR) is 83.9 cm³/mol. The van der Waals surface area contributed by atoms with Crippen molar-refractivity contribution in [3.63, 3.8) is 0 Å². The summed E-state index contributed by atoms with van der Waals surface area (Å²) in [5.41, 5.74) is 1.41. The molecule has 1 aromatic carbocycles. The van der Waals surface area contributed by atoms with E-state index < -0.39 is 0 Å². The molecule has 0 spiro atoms. The Hall–Kier alpha value is 0.1000. The second kappa shape index (κ2) is 7.04. The predicted octanol–water partition coefficient (Wildman–Crippen LogP) is 3.96. The number of nitrogens with one attached hydrogen (secondary N) is 1. The van der Waals surface area contributed by atoms with Gasteiger partial charge in [-0.2, -0.15) is 0 Å². The van der Waals surface area contributed by atoms with Crippen molar-refractivity contribution in [2.45, 2.75) is 25.8 Å². The van der Waals surface area contributed by atoms with Gasteiger partial charge in [-0.1, -0.05) is 45.2 Å². The molecule has 0 aromatic heterocycles. The van der Waals surface area contributed by atoms with Crippen molar-refractivity contribution in [2.75, 3.05) is 26.2 Å². The number of nitrogens with zero attached hydrogens (tertiary/aromatic N) is 1. The molecule has 4 heteroatoms. The van der Waals surface area contributed by atoms with Gasteiger partial charge in [-0.25, -0.2) is 0 Å². The summed E-state index contributed by atoms with van der Waals surface area (Å²) in [6, 6.07) is 7.02. The van der Waals surface area contributed by atoms with Gasteiger partial charge >= 0.3 is 0 Å². The molecule has 1 aromatic rings. The summed E-state index contributed by atoms with van der Waals surface area (Å²) in [4.78, 5) is 2.60. The first-order valence-electron chi connectivity index (χ1n) is 6.62. The number of hydrogen-bond donors (Lipinski definition) is 1. The Morgan fingerprint density at radius 3 is 2.67 bits per heavy atom. The number of benzene rings is 1. The topological polar surface area (TPSA) is 15.3 Å². The summed E-state index contributed by atoms with van der Waals surface area (Å²) in [5, 5.41) is 3.43. The van der Waals surface area contributed by atoms with Gasteiger partial charge in [0.15, 0.2) is 0 Å². The Kier molecular flexibility index (Phi) is 5.67. The zero-order chi connectivity index (χ0) is 13.0. The van der Waals surface area contributed by atoms with E-state index in [4.69, 9.17) is 0 Å². The van der Waals surface area contributed by atoms with Crippen LogP contribution in [0.15, 0.2) is 27.1 Å².